The Labute approximate surface area is 167 Å². The Kier molecular flexibility index (Phi) is 6.36. The van der Waals surface area contributed by atoms with E-state index >= 15 is 0 Å². The quantitative estimate of drug-likeness (QED) is 0.775. The lowest BCUT2D eigenvalue weighted by molar-refractivity contribution is 0.00578. The van der Waals surface area contributed by atoms with E-state index in [-0.39, 0.29) is 24.4 Å². The number of hydrogen-bond acceptors (Lipinski definition) is 4. The summed E-state index contributed by atoms with van der Waals surface area (Å²) in [5, 5.41) is 0.477. The van der Waals surface area contributed by atoms with E-state index < -0.39 is 18.3 Å². The van der Waals surface area contributed by atoms with Crippen molar-refractivity contribution >= 4 is 42.5 Å². The van der Waals surface area contributed by atoms with Crippen molar-refractivity contribution in [2.24, 2.45) is 5.73 Å². The number of benzene rings is 1. The van der Waals surface area contributed by atoms with Gasteiger partial charge in [0.1, 0.15) is 0 Å². The summed E-state index contributed by atoms with van der Waals surface area (Å²) in [7, 11) is -0.537. The molecule has 2 saturated heterocycles. The molecule has 2 aliphatic rings. The van der Waals surface area contributed by atoms with Gasteiger partial charge in [-0.2, -0.15) is 0 Å². The van der Waals surface area contributed by atoms with Crippen LogP contribution in [0.5, 0.6) is 0 Å². The van der Waals surface area contributed by atoms with Gasteiger partial charge in [0.2, 0.25) is 0 Å². The first-order valence-corrected chi connectivity index (χ1v) is 9.18. The van der Waals surface area contributed by atoms with Crippen molar-refractivity contribution in [3.05, 3.63) is 28.8 Å². The van der Waals surface area contributed by atoms with Crippen molar-refractivity contribution in [1.29, 1.82) is 0 Å². The van der Waals surface area contributed by atoms with E-state index in [9.17, 15) is 4.79 Å². The molecule has 1 aromatic carbocycles. The normalized spacial score (nSPS) is 24.3. The number of rotatable bonds is 2. The van der Waals surface area contributed by atoms with Gasteiger partial charge in [-0.1, -0.05) is 17.7 Å². The summed E-state index contributed by atoms with van der Waals surface area (Å²) in [5.41, 5.74) is 6.42. The van der Waals surface area contributed by atoms with Gasteiger partial charge in [-0.25, -0.2) is 0 Å². The molecule has 26 heavy (non-hydrogen) atoms. The van der Waals surface area contributed by atoms with Gasteiger partial charge >= 0.3 is 7.12 Å². The first kappa shape index (κ1) is 21.5. The standard InChI is InChI=1S/C18H26BClN2O3.ClH/c1-17(2)18(3,4)25-19(24-17)14-8-7-12(10-15(14)20)16(23)22-9-5-6-13(21)11-22;/h7-8,10,13H,5-6,9,11,21H2,1-4H3;1H/t13-;/m1./s1. The fourth-order valence-corrected chi connectivity index (χ4v) is 3.47. The molecule has 0 saturated carbocycles. The van der Waals surface area contributed by atoms with Crippen LogP contribution in [0.3, 0.4) is 0 Å². The first-order valence-electron chi connectivity index (χ1n) is 8.81. The largest absolute Gasteiger partial charge is 0.496 e. The number of carbonyl (C=O) groups excluding carboxylic acids is 1. The summed E-state index contributed by atoms with van der Waals surface area (Å²) in [6.07, 6.45) is 1.90. The number of halogens is 2. The van der Waals surface area contributed by atoms with E-state index in [0.717, 1.165) is 24.8 Å². The van der Waals surface area contributed by atoms with Gasteiger partial charge in [-0.15, -0.1) is 12.4 Å². The molecule has 5 nitrogen and oxygen atoms in total. The summed E-state index contributed by atoms with van der Waals surface area (Å²) >= 11 is 6.45. The van der Waals surface area contributed by atoms with Crippen LogP contribution in [0.1, 0.15) is 50.9 Å². The predicted molar refractivity (Wildman–Crippen MR) is 108 cm³/mol. The second-order valence-corrected chi connectivity index (χ2v) is 8.39. The van der Waals surface area contributed by atoms with Crippen LogP contribution in [0.2, 0.25) is 5.02 Å². The SMILES string of the molecule is CC1(C)OB(c2ccc(C(=O)N3CCC[C@@H](N)C3)cc2Cl)OC1(C)C.Cl. The molecule has 0 aliphatic carbocycles. The van der Waals surface area contributed by atoms with E-state index in [1.807, 2.05) is 33.8 Å². The van der Waals surface area contributed by atoms with Crippen molar-refractivity contribution in [3.8, 4) is 0 Å². The molecule has 3 rings (SSSR count). The van der Waals surface area contributed by atoms with Crippen LogP contribution in [-0.4, -0.2) is 48.3 Å². The molecule has 2 aliphatic heterocycles. The predicted octanol–water partition coefficient (Wildman–Crippen LogP) is 2.62. The van der Waals surface area contributed by atoms with Gasteiger partial charge < -0.3 is 19.9 Å². The second-order valence-electron chi connectivity index (χ2n) is 7.98. The molecule has 0 aromatic heterocycles. The summed E-state index contributed by atoms with van der Waals surface area (Å²) in [4.78, 5) is 14.5. The lowest BCUT2D eigenvalue weighted by Crippen LogP contribution is -2.45. The molecule has 2 fully saturated rings. The molecule has 144 valence electrons. The number of hydrogen-bond donors (Lipinski definition) is 1. The highest BCUT2D eigenvalue weighted by Gasteiger charge is 2.52. The smallest absolute Gasteiger partial charge is 0.399 e. The maximum atomic E-state index is 12.7. The molecular weight excluding hydrogens is 374 g/mol. The molecule has 2 heterocycles. The minimum Gasteiger partial charge on any atom is -0.399 e. The molecule has 0 spiro atoms. The highest BCUT2D eigenvalue weighted by Crippen LogP contribution is 2.37. The zero-order valence-corrected chi connectivity index (χ0v) is 17.3. The van der Waals surface area contributed by atoms with Crippen molar-refractivity contribution in [3.63, 3.8) is 0 Å². The fraction of sp³-hybridized carbons (Fsp3) is 0.611. The van der Waals surface area contributed by atoms with Crippen molar-refractivity contribution in [2.75, 3.05) is 13.1 Å². The van der Waals surface area contributed by atoms with E-state index in [1.165, 1.54) is 0 Å². The molecule has 0 radical (unpaired) electrons. The zero-order chi connectivity index (χ0) is 18.4. The van der Waals surface area contributed by atoms with E-state index in [4.69, 9.17) is 26.6 Å². The Bertz CT molecular complexity index is 668. The average Bonchev–Trinajstić information content (AvgIpc) is 2.74. The van der Waals surface area contributed by atoms with E-state index in [1.54, 1.807) is 17.0 Å². The average molecular weight is 401 g/mol. The summed E-state index contributed by atoms with van der Waals surface area (Å²) < 4.78 is 12.1. The first-order chi connectivity index (χ1) is 11.6. The van der Waals surface area contributed by atoms with E-state index in [2.05, 4.69) is 0 Å². The van der Waals surface area contributed by atoms with Crippen LogP contribution >= 0.6 is 24.0 Å². The van der Waals surface area contributed by atoms with Crippen molar-refractivity contribution in [2.45, 2.75) is 57.8 Å². The summed E-state index contributed by atoms with van der Waals surface area (Å²) in [5.74, 6) is -0.0301. The molecule has 0 bridgehead atoms. The van der Waals surface area contributed by atoms with Crippen LogP contribution in [0, 0.1) is 0 Å². The molecular formula is C18H27BCl2N2O3. The third-order valence-corrected chi connectivity index (χ3v) is 5.83. The molecule has 1 amide bonds. The van der Waals surface area contributed by atoms with Gasteiger partial charge in [-0.05, 0) is 52.7 Å². The summed E-state index contributed by atoms with van der Waals surface area (Å²) in [6.45, 7) is 9.33. The second kappa shape index (κ2) is 7.68. The molecule has 1 aromatic rings. The van der Waals surface area contributed by atoms with Gasteiger partial charge in [0.05, 0.1) is 11.2 Å². The molecule has 8 heteroatoms. The minimum atomic E-state index is -0.537. The molecule has 0 unspecified atom stereocenters. The third kappa shape index (κ3) is 4.05. The topological polar surface area (TPSA) is 64.8 Å². The van der Waals surface area contributed by atoms with Gasteiger partial charge in [0.25, 0.3) is 5.91 Å². The Hall–Kier alpha value is -0.785. The number of likely N-dealkylation sites (tertiary alicyclic amines) is 1. The van der Waals surface area contributed by atoms with Crippen LogP contribution in [0.15, 0.2) is 18.2 Å². The highest BCUT2D eigenvalue weighted by molar-refractivity contribution is 6.65. The number of nitrogens with two attached hydrogens (primary N) is 1. The highest BCUT2D eigenvalue weighted by atomic mass is 35.5. The monoisotopic (exact) mass is 400 g/mol. The lowest BCUT2D eigenvalue weighted by Gasteiger charge is -2.32. The Morgan fingerprint density at radius 3 is 2.42 bits per heavy atom. The van der Waals surface area contributed by atoms with Gasteiger partial charge in [0.15, 0.2) is 0 Å². The van der Waals surface area contributed by atoms with Crippen molar-refractivity contribution < 1.29 is 14.1 Å². The maximum Gasteiger partial charge on any atom is 0.496 e. The van der Waals surface area contributed by atoms with Crippen LogP contribution in [0.25, 0.3) is 0 Å². The van der Waals surface area contributed by atoms with Crippen molar-refractivity contribution in [1.82, 2.24) is 4.90 Å². The van der Waals surface area contributed by atoms with Crippen LogP contribution in [-0.2, 0) is 9.31 Å². The molecule has 2 N–H and O–H groups in total. The number of nitrogens with zero attached hydrogens (tertiary/aromatic N) is 1. The van der Waals surface area contributed by atoms with Crippen LogP contribution < -0.4 is 11.2 Å². The van der Waals surface area contributed by atoms with E-state index in [0.29, 0.717) is 17.1 Å². The number of piperidine rings is 1. The Morgan fingerprint density at radius 1 is 1.27 bits per heavy atom. The molecule has 1 atom stereocenters. The Morgan fingerprint density at radius 2 is 1.88 bits per heavy atom. The zero-order valence-electron chi connectivity index (χ0n) is 15.8. The number of carbonyl (C=O) groups is 1. The maximum absolute atomic E-state index is 12.7. The van der Waals surface area contributed by atoms with Gasteiger partial charge in [-0.3, -0.25) is 4.79 Å². The Balaban J connectivity index is 0.00000243. The lowest BCUT2D eigenvalue weighted by atomic mass is 9.78. The van der Waals surface area contributed by atoms with Crippen LogP contribution in [0.4, 0.5) is 0 Å². The minimum absolute atomic E-state index is 0. The van der Waals surface area contributed by atoms with Gasteiger partial charge in [0, 0.05) is 35.2 Å². The third-order valence-electron chi connectivity index (χ3n) is 5.50. The summed E-state index contributed by atoms with van der Waals surface area (Å²) in [6, 6.07) is 5.36. The number of amides is 1. The fourth-order valence-electron chi connectivity index (χ4n) is 3.20.